The van der Waals surface area contributed by atoms with E-state index >= 15 is 0 Å². The minimum absolute atomic E-state index is 0.0122. The molecule has 9 aromatic carbocycles. The van der Waals surface area contributed by atoms with Gasteiger partial charge >= 0.3 is 0 Å². The quantitative estimate of drug-likeness (QED) is 0.159. The Kier molecular flexibility index (Phi) is 11.5. The minimum atomic E-state index is -0.368. The van der Waals surface area contributed by atoms with Crippen LogP contribution in [-0.4, -0.2) is 6.71 Å². The predicted molar refractivity (Wildman–Crippen MR) is 351 cm³/mol. The third kappa shape index (κ3) is 7.89. The Morgan fingerprint density at radius 1 is 0.415 bits per heavy atom. The van der Waals surface area contributed by atoms with E-state index < -0.39 is 0 Å². The van der Waals surface area contributed by atoms with Crippen molar-refractivity contribution in [3.8, 4) is 22.3 Å². The van der Waals surface area contributed by atoms with E-state index in [4.69, 9.17) is 0 Å². The molecule has 0 bridgehead atoms. The highest BCUT2D eigenvalue weighted by Gasteiger charge is 2.60. The van der Waals surface area contributed by atoms with Crippen molar-refractivity contribution in [1.82, 2.24) is 0 Å². The zero-order valence-electron chi connectivity index (χ0n) is 51.1. The molecule has 0 fully saturated rings. The Bertz CT molecular complexity index is 4090. The Morgan fingerprint density at radius 2 is 0.902 bits per heavy atom. The molecule has 3 nitrogen and oxygen atoms in total. The number of nitrogens with zero attached hydrogens (tertiary/aromatic N) is 3. The summed E-state index contributed by atoms with van der Waals surface area (Å²) < 4.78 is 0. The van der Waals surface area contributed by atoms with Gasteiger partial charge in [-0.2, -0.15) is 0 Å². The van der Waals surface area contributed by atoms with Crippen molar-refractivity contribution in [2.24, 2.45) is 5.41 Å². The lowest BCUT2D eigenvalue weighted by Crippen LogP contribution is -2.61. The number of hydrogen-bond acceptors (Lipinski definition) is 3. The fourth-order valence-corrected chi connectivity index (χ4v) is 15.6. The zero-order valence-corrected chi connectivity index (χ0v) is 51.1. The topological polar surface area (TPSA) is 9.72 Å². The molecule has 2 aliphatic carbocycles. The van der Waals surface area contributed by atoms with Gasteiger partial charge in [0.1, 0.15) is 0 Å². The van der Waals surface area contributed by atoms with E-state index in [1.165, 1.54) is 134 Å². The Hall–Kier alpha value is -7.56. The molecule has 82 heavy (non-hydrogen) atoms. The number of aryl methyl sites for hydroxylation is 2. The van der Waals surface area contributed by atoms with E-state index in [-0.39, 0.29) is 39.3 Å². The molecule has 0 amide bonds. The standard InChI is InChI=1S/C78H80BN3/c1-49-39-70-72-71(40-49)81(66-34-30-56(74(5,6)7)44-60(66)51-25-19-16-20-26-51)69-42-54-48-76(11,12)47-53(54)41-63(69)79(72)64-46-58(32-36-68(64)80(70)65-33-29-55(73(2,3)4)43-59(65)50-23-17-15-18-24-50)82-67-35-31-57(75(8,9)10)45-62(67)77(13)38-37-52-27-21-22-28-61(52)78(77,82)14/h15-36,39-46H,37-38,47-48H2,1-14H3. The predicted octanol–water partition coefficient (Wildman–Crippen LogP) is 18.7. The first kappa shape index (κ1) is 52.5. The van der Waals surface area contributed by atoms with Crippen LogP contribution in [0.4, 0.5) is 45.5 Å². The molecule has 3 aliphatic heterocycles. The van der Waals surface area contributed by atoms with Crippen molar-refractivity contribution in [1.29, 1.82) is 0 Å². The molecule has 5 aliphatic rings. The average Bonchev–Trinajstić information content (AvgIpc) is 1.38. The molecule has 0 spiro atoms. The van der Waals surface area contributed by atoms with E-state index in [0.717, 1.165) is 25.7 Å². The second-order valence-electron chi connectivity index (χ2n) is 29.3. The summed E-state index contributed by atoms with van der Waals surface area (Å²) in [6, 6.07) is 71.8. The fraction of sp³-hybridized carbons (Fsp3) is 0.308. The number of fused-ring (bicyclic) bond motifs is 10. The molecule has 0 radical (unpaired) electrons. The van der Waals surface area contributed by atoms with E-state index in [9.17, 15) is 0 Å². The van der Waals surface area contributed by atoms with Gasteiger partial charge in [-0.05, 0) is 206 Å². The second-order valence-corrected chi connectivity index (χ2v) is 29.3. The van der Waals surface area contributed by atoms with Crippen molar-refractivity contribution in [2.45, 2.75) is 150 Å². The summed E-state index contributed by atoms with van der Waals surface area (Å²) in [5.74, 6) is 0. The molecule has 0 saturated heterocycles. The van der Waals surface area contributed by atoms with Crippen LogP contribution in [0, 0.1) is 12.3 Å². The summed E-state index contributed by atoms with van der Waals surface area (Å²) in [5.41, 5.74) is 31.2. The van der Waals surface area contributed by atoms with Crippen molar-refractivity contribution in [2.75, 3.05) is 14.7 Å². The fourth-order valence-electron chi connectivity index (χ4n) is 15.6. The van der Waals surface area contributed by atoms with Crippen molar-refractivity contribution in [3.05, 3.63) is 232 Å². The molecule has 4 heteroatoms. The summed E-state index contributed by atoms with van der Waals surface area (Å²) in [6.45, 7) is 33.5. The number of benzene rings is 9. The average molecular weight is 1070 g/mol. The summed E-state index contributed by atoms with van der Waals surface area (Å²) in [7, 11) is 0. The normalized spacial score (nSPS) is 19.2. The molecule has 0 aromatic heterocycles. The van der Waals surface area contributed by atoms with Crippen LogP contribution in [0.25, 0.3) is 22.3 Å². The highest BCUT2D eigenvalue weighted by Crippen LogP contribution is 2.64. The van der Waals surface area contributed by atoms with Gasteiger partial charge in [0.15, 0.2) is 0 Å². The van der Waals surface area contributed by atoms with Crippen molar-refractivity contribution < 1.29 is 0 Å². The highest BCUT2D eigenvalue weighted by atomic mass is 15.3. The monoisotopic (exact) mass is 1070 g/mol. The molecule has 410 valence electrons. The van der Waals surface area contributed by atoms with Gasteiger partial charge in [-0.15, -0.1) is 0 Å². The SMILES string of the molecule is Cc1cc2c3c(c1)N(c1ccc(C(C)(C)C)cc1-c1ccccc1)c1cc4c(cc1B3c1cc(N3c5ccc(C(C)(C)C)cc5C5(C)CCc6ccccc6C35C)ccc1N2c1ccc(C(C)(C)C)cc1-c1ccccc1)CC(C)(C)C4. The lowest BCUT2D eigenvalue weighted by Gasteiger charge is -2.51. The van der Waals surface area contributed by atoms with Crippen molar-refractivity contribution >= 4 is 68.6 Å². The maximum Gasteiger partial charge on any atom is 0.252 e. The van der Waals surface area contributed by atoms with Gasteiger partial charge in [0.05, 0.1) is 16.9 Å². The Balaban J connectivity index is 1.10. The van der Waals surface area contributed by atoms with Gasteiger partial charge in [0.25, 0.3) is 6.71 Å². The lowest BCUT2D eigenvalue weighted by molar-refractivity contribution is 0.245. The maximum atomic E-state index is 2.79. The smallest absolute Gasteiger partial charge is 0.252 e. The molecule has 3 heterocycles. The molecule has 2 atom stereocenters. The van der Waals surface area contributed by atoms with Crippen molar-refractivity contribution in [3.63, 3.8) is 0 Å². The molecule has 0 saturated carbocycles. The van der Waals surface area contributed by atoms with Crippen LogP contribution in [0.1, 0.15) is 147 Å². The van der Waals surface area contributed by atoms with Crippen LogP contribution in [0.2, 0.25) is 0 Å². The van der Waals surface area contributed by atoms with Gasteiger partial charge in [0.2, 0.25) is 0 Å². The largest absolute Gasteiger partial charge is 0.330 e. The van der Waals surface area contributed by atoms with Crippen LogP contribution in [-0.2, 0) is 46.5 Å². The minimum Gasteiger partial charge on any atom is -0.330 e. The van der Waals surface area contributed by atoms with Crippen LogP contribution >= 0.6 is 0 Å². The molecule has 9 aromatic rings. The first-order valence-electron chi connectivity index (χ1n) is 30.4. The summed E-state index contributed by atoms with van der Waals surface area (Å²) >= 11 is 0. The summed E-state index contributed by atoms with van der Waals surface area (Å²) in [6.07, 6.45) is 4.25. The molecule has 0 N–H and O–H groups in total. The second kappa shape index (κ2) is 18.0. The third-order valence-electron chi connectivity index (χ3n) is 20.1. The van der Waals surface area contributed by atoms with E-state index in [2.05, 4.69) is 294 Å². The maximum absolute atomic E-state index is 2.79. The Morgan fingerprint density at radius 3 is 1.48 bits per heavy atom. The van der Waals surface area contributed by atoms with Crippen LogP contribution in [0.5, 0.6) is 0 Å². The van der Waals surface area contributed by atoms with Gasteiger partial charge in [0, 0.05) is 50.7 Å². The number of anilines is 8. The number of hydrogen-bond donors (Lipinski definition) is 0. The van der Waals surface area contributed by atoms with Crippen LogP contribution in [0.3, 0.4) is 0 Å². The molecular weight excluding hydrogens is 990 g/mol. The first-order valence-corrected chi connectivity index (χ1v) is 30.4. The Labute approximate surface area is 490 Å². The molecular formula is C78H80BN3. The van der Waals surface area contributed by atoms with Gasteiger partial charge in [-0.1, -0.05) is 198 Å². The molecule has 14 rings (SSSR count). The molecule has 2 unspecified atom stereocenters. The first-order chi connectivity index (χ1) is 38.9. The van der Waals surface area contributed by atoms with Gasteiger partial charge in [-0.25, -0.2) is 0 Å². The summed E-state index contributed by atoms with van der Waals surface area (Å²) in [5, 5.41) is 0. The van der Waals surface area contributed by atoms with Gasteiger partial charge in [-0.3, -0.25) is 0 Å². The van der Waals surface area contributed by atoms with Crippen LogP contribution < -0.4 is 31.1 Å². The van der Waals surface area contributed by atoms with Crippen LogP contribution in [0.15, 0.2) is 182 Å². The lowest BCUT2D eigenvalue weighted by atomic mass is 9.33. The summed E-state index contributed by atoms with van der Waals surface area (Å²) in [4.78, 5) is 8.16. The zero-order chi connectivity index (χ0) is 57.2. The van der Waals surface area contributed by atoms with E-state index in [1.54, 1.807) is 0 Å². The van der Waals surface area contributed by atoms with E-state index in [0.29, 0.717) is 0 Å². The highest BCUT2D eigenvalue weighted by molar-refractivity contribution is 7.00. The van der Waals surface area contributed by atoms with Gasteiger partial charge < -0.3 is 14.7 Å². The number of rotatable bonds is 5. The third-order valence-corrected chi connectivity index (χ3v) is 20.1. The van der Waals surface area contributed by atoms with E-state index in [1.807, 2.05) is 0 Å².